The van der Waals surface area contributed by atoms with E-state index in [-0.39, 0.29) is 23.6 Å². The molecule has 0 radical (unpaired) electrons. The van der Waals surface area contributed by atoms with Crippen LogP contribution < -0.4 is 0 Å². The van der Waals surface area contributed by atoms with Crippen LogP contribution in [0, 0.1) is 28.6 Å². The Morgan fingerprint density at radius 2 is 1.93 bits per heavy atom. The van der Waals surface area contributed by atoms with Gasteiger partial charge in [-0.2, -0.15) is 0 Å². The minimum atomic E-state index is -0.297. The van der Waals surface area contributed by atoms with E-state index in [4.69, 9.17) is 14.5 Å². The van der Waals surface area contributed by atoms with E-state index in [1.54, 1.807) is 0 Å². The number of fused-ring (bicyclic) bond motifs is 1. The largest absolute Gasteiger partial charge is 0.469 e. The molecule has 3 rings (SSSR count). The van der Waals surface area contributed by atoms with Crippen molar-refractivity contribution in [1.29, 1.82) is 0 Å². The molecule has 0 aromatic rings. The van der Waals surface area contributed by atoms with Crippen molar-refractivity contribution in [2.75, 3.05) is 7.11 Å². The van der Waals surface area contributed by atoms with Gasteiger partial charge in [0.05, 0.1) is 13.0 Å². The van der Waals surface area contributed by atoms with E-state index in [0.29, 0.717) is 22.7 Å². The van der Waals surface area contributed by atoms with Crippen LogP contribution >= 0.6 is 0 Å². The average Bonchev–Trinajstić information content (AvgIpc) is 2.71. The number of carbonyl (C=O) groups excluding carboxylic acids is 1. The average molecular weight is 407 g/mol. The van der Waals surface area contributed by atoms with Crippen molar-refractivity contribution >= 4 is 5.97 Å². The summed E-state index contributed by atoms with van der Waals surface area (Å²) in [5, 5.41) is 0. The molecule has 0 aromatic heterocycles. The van der Waals surface area contributed by atoms with Crippen LogP contribution in [0.5, 0.6) is 0 Å². The summed E-state index contributed by atoms with van der Waals surface area (Å²) in [6.45, 7) is 16.0. The minimum absolute atomic E-state index is 0.218. The number of methoxy groups -OCH3 is 1. The zero-order valence-electron chi connectivity index (χ0n) is 19.5. The van der Waals surface area contributed by atoms with E-state index in [9.17, 15) is 4.79 Å². The van der Waals surface area contributed by atoms with E-state index in [2.05, 4.69) is 34.3 Å². The van der Waals surface area contributed by atoms with Crippen LogP contribution in [-0.2, 0) is 19.3 Å². The van der Waals surface area contributed by atoms with Crippen molar-refractivity contribution < 1.29 is 19.3 Å². The molecule has 29 heavy (non-hydrogen) atoms. The van der Waals surface area contributed by atoms with Crippen molar-refractivity contribution in [2.45, 2.75) is 104 Å². The second-order valence-corrected chi connectivity index (χ2v) is 10.9. The lowest BCUT2D eigenvalue weighted by Gasteiger charge is -2.59. The Hall–Kier alpha value is -0.870. The number of hydrogen-bond donors (Lipinski definition) is 0. The zero-order valence-corrected chi connectivity index (χ0v) is 19.5. The molecule has 0 spiro atoms. The van der Waals surface area contributed by atoms with Gasteiger partial charge in [-0.1, -0.05) is 32.9 Å². The fraction of sp³-hybridized carbons (Fsp3) is 0.880. The van der Waals surface area contributed by atoms with Crippen LogP contribution in [-0.4, -0.2) is 24.8 Å². The highest BCUT2D eigenvalue weighted by atomic mass is 17.2. The lowest BCUT2D eigenvalue weighted by atomic mass is 9.46. The lowest BCUT2D eigenvalue weighted by molar-refractivity contribution is -0.412. The molecular weight excluding hydrogens is 364 g/mol. The molecule has 7 atom stereocenters. The van der Waals surface area contributed by atoms with Crippen molar-refractivity contribution in [3.8, 4) is 0 Å². The van der Waals surface area contributed by atoms with E-state index in [0.717, 1.165) is 25.7 Å². The van der Waals surface area contributed by atoms with E-state index in [1.165, 1.54) is 44.8 Å². The number of ether oxygens (including phenoxy) is 1. The number of rotatable bonds is 5. The summed E-state index contributed by atoms with van der Waals surface area (Å²) in [5.41, 5.74) is 1.80. The van der Waals surface area contributed by atoms with Gasteiger partial charge in [0, 0.05) is 0 Å². The first-order valence-corrected chi connectivity index (χ1v) is 11.7. The molecule has 2 saturated carbocycles. The molecule has 1 heterocycles. The van der Waals surface area contributed by atoms with Crippen LogP contribution in [0.3, 0.4) is 0 Å². The first-order chi connectivity index (χ1) is 13.6. The molecule has 0 aromatic carbocycles. The molecule has 166 valence electrons. The Balaban J connectivity index is 1.65. The summed E-state index contributed by atoms with van der Waals surface area (Å²) >= 11 is 0. The third kappa shape index (κ3) is 4.17. The van der Waals surface area contributed by atoms with Crippen molar-refractivity contribution in [1.82, 2.24) is 0 Å². The summed E-state index contributed by atoms with van der Waals surface area (Å²) in [4.78, 5) is 23.4. The lowest BCUT2D eigenvalue weighted by Crippen LogP contribution is -2.51. The Morgan fingerprint density at radius 3 is 2.55 bits per heavy atom. The van der Waals surface area contributed by atoms with Gasteiger partial charge in [-0.3, -0.25) is 4.79 Å². The Labute approximate surface area is 177 Å². The molecule has 0 amide bonds. The molecule has 4 heteroatoms. The minimum Gasteiger partial charge on any atom is -0.469 e. The SMILES string of the molecule is C=C1CCC[C@@H]2[C@@](C)(CCC3(C)CCC([C@H](C)C(=O)OC)OO3)[C@H](C)CC[C@@]12C. The molecule has 0 N–H and O–H groups in total. The fourth-order valence-electron chi connectivity index (χ4n) is 6.48. The molecule has 1 saturated heterocycles. The normalized spacial score (nSPS) is 44.1. The van der Waals surface area contributed by atoms with Gasteiger partial charge in [-0.15, -0.1) is 0 Å². The van der Waals surface area contributed by atoms with E-state index in [1.807, 2.05) is 6.92 Å². The van der Waals surface area contributed by atoms with Crippen molar-refractivity contribution in [2.24, 2.45) is 28.6 Å². The van der Waals surface area contributed by atoms with Crippen LogP contribution in [0.4, 0.5) is 0 Å². The van der Waals surface area contributed by atoms with Gasteiger partial charge in [0.1, 0.15) is 11.7 Å². The summed E-state index contributed by atoms with van der Waals surface area (Å²) in [6.07, 6.45) is 10.1. The fourth-order valence-corrected chi connectivity index (χ4v) is 6.48. The quantitative estimate of drug-likeness (QED) is 0.308. The monoisotopic (exact) mass is 406 g/mol. The number of hydrogen-bond acceptors (Lipinski definition) is 4. The smallest absolute Gasteiger partial charge is 0.311 e. The molecular formula is C25H42O4. The van der Waals surface area contributed by atoms with Crippen molar-refractivity contribution in [3.05, 3.63) is 12.2 Å². The Morgan fingerprint density at radius 1 is 1.21 bits per heavy atom. The topological polar surface area (TPSA) is 44.8 Å². The molecule has 3 fully saturated rings. The zero-order chi connectivity index (χ0) is 21.4. The third-order valence-corrected chi connectivity index (χ3v) is 9.22. The highest BCUT2D eigenvalue weighted by molar-refractivity contribution is 5.72. The van der Waals surface area contributed by atoms with Crippen LogP contribution in [0.1, 0.15) is 92.4 Å². The maximum Gasteiger partial charge on any atom is 0.311 e. The van der Waals surface area contributed by atoms with Gasteiger partial charge < -0.3 is 4.74 Å². The molecule has 0 bridgehead atoms. The molecule has 1 aliphatic heterocycles. The highest BCUT2D eigenvalue weighted by Crippen LogP contribution is 2.63. The summed E-state index contributed by atoms with van der Waals surface area (Å²) in [7, 11) is 1.42. The number of esters is 1. The van der Waals surface area contributed by atoms with Gasteiger partial charge in [0.15, 0.2) is 0 Å². The molecule has 4 nitrogen and oxygen atoms in total. The van der Waals surface area contributed by atoms with Crippen LogP contribution in [0.2, 0.25) is 0 Å². The van der Waals surface area contributed by atoms with E-state index < -0.39 is 0 Å². The first-order valence-electron chi connectivity index (χ1n) is 11.7. The van der Waals surface area contributed by atoms with Gasteiger partial charge >= 0.3 is 5.97 Å². The summed E-state index contributed by atoms with van der Waals surface area (Å²) < 4.78 is 4.86. The van der Waals surface area contributed by atoms with Crippen LogP contribution in [0.15, 0.2) is 12.2 Å². The summed E-state index contributed by atoms with van der Waals surface area (Å²) in [5.74, 6) is 0.892. The Bertz CT molecular complexity index is 620. The highest BCUT2D eigenvalue weighted by Gasteiger charge is 2.54. The first kappa shape index (κ1) is 22.8. The molecule has 2 unspecified atom stereocenters. The second kappa shape index (κ2) is 8.34. The predicted molar refractivity (Wildman–Crippen MR) is 115 cm³/mol. The predicted octanol–water partition coefficient (Wildman–Crippen LogP) is 6.24. The van der Waals surface area contributed by atoms with Gasteiger partial charge in [0.2, 0.25) is 0 Å². The number of carbonyl (C=O) groups is 1. The van der Waals surface area contributed by atoms with Crippen molar-refractivity contribution in [3.63, 3.8) is 0 Å². The van der Waals surface area contributed by atoms with Gasteiger partial charge in [0.25, 0.3) is 0 Å². The molecule has 3 aliphatic rings. The molecule has 2 aliphatic carbocycles. The number of allylic oxidation sites excluding steroid dienone is 1. The standard InChI is InChI=1S/C25H42O4/c1-17-9-8-10-21-24(17,5)14-11-18(2)25(21,6)16-15-23(4)13-12-20(28-29-23)19(3)22(26)27-7/h18-21H,1,8-16H2,2-7H3/t18-,19+,20?,21+,23?,24+,25+/m1/s1. The van der Waals surface area contributed by atoms with Crippen LogP contribution in [0.25, 0.3) is 0 Å². The Kier molecular flexibility index (Phi) is 6.56. The maximum atomic E-state index is 11.8. The summed E-state index contributed by atoms with van der Waals surface area (Å²) in [6, 6.07) is 0. The van der Waals surface area contributed by atoms with E-state index >= 15 is 0 Å². The van der Waals surface area contributed by atoms with Gasteiger partial charge in [-0.25, -0.2) is 9.78 Å². The van der Waals surface area contributed by atoms with Gasteiger partial charge in [-0.05, 0) is 94.3 Å². The maximum absolute atomic E-state index is 11.8. The second-order valence-electron chi connectivity index (χ2n) is 10.9. The third-order valence-electron chi connectivity index (χ3n) is 9.22.